The average Bonchev–Trinajstić information content (AvgIpc) is 2.31. The fourth-order valence-electron chi connectivity index (χ4n) is 1.24. The van der Waals surface area contributed by atoms with E-state index >= 15 is 0 Å². The summed E-state index contributed by atoms with van der Waals surface area (Å²) in [5, 5.41) is 13.8. The van der Waals surface area contributed by atoms with Crippen LogP contribution in [0.1, 0.15) is 31.3 Å². The molecule has 1 aromatic rings. The molecule has 2 atom stereocenters. The van der Waals surface area contributed by atoms with E-state index in [4.69, 9.17) is 0 Å². The van der Waals surface area contributed by atoms with E-state index in [0.717, 1.165) is 15.9 Å². The maximum atomic E-state index is 9.42. The zero-order valence-corrected chi connectivity index (χ0v) is 9.96. The highest BCUT2D eigenvalue weighted by Crippen LogP contribution is 2.23. The molecule has 4 heteroatoms. The lowest BCUT2D eigenvalue weighted by Crippen LogP contribution is -2.20. The predicted octanol–water partition coefficient (Wildman–Crippen LogP) is 2.20. The average molecular weight is 247 g/mol. The second-order valence-electron chi connectivity index (χ2n) is 3.41. The van der Waals surface area contributed by atoms with Gasteiger partial charge in [0.1, 0.15) is 0 Å². The minimum absolute atomic E-state index is 0.0185. The highest BCUT2D eigenvalue weighted by molar-refractivity contribution is 9.10. The lowest BCUT2D eigenvalue weighted by Gasteiger charge is -2.16. The van der Waals surface area contributed by atoms with Gasteiger partial charge in [-0.25, -0.2) is 0 Å². The van der Waals surface area contributed by atoms with Crippen LogP contribution in [0.5, 0.6) is 0 Å². The van der Waals surface area contributed by atoms with Gasteiger partial charge in [0.25, 0.3) is 0 Å². The Labute approximate surface area is 86.9 Å². The summed E-state index contributed by atoms with van der Waals surface area (Å²) < 4.78 is 2.88. The van der Waals surface area contributed by atoms with E-state index in [9.17, 15) is 5.11 Å². The smallest absolute Gasteiger partial charge is 0.0750 e. The molecule has 2 unspecified atom stereocenters. The lowest BCUT2D eigenvalue weighted by molar-refractivity contribution is 0.131. The number of aromatic nitrogens is 2. The third-order valence-corrected chi connectivity index (χ3v) is 3.47. The van der Waals surface area contributed by atoms with Gasteiger partial charge in [-0.05, 0) is 43.6 Å². The molecule has 0 aromatic carbocycles. The van der Waals surface area contributed by atoms with Gasteiger partial charge in [0.05, 0.1) is 28.0 Å². The summed E-state index contributed by atoms with van der Waals surface area (Å²) in [4.78, 5) is 0. The minimum Gasteiger partial charge on any atom is -0.391 e. The highest BCUT2D eigenvalue weighted by atomic mass is 79.9. The Hall–Kier alpha value is -0.350. The second-order valence-corrected chi connectivity index (χ2v) is 4.20. The Bertz CT molecular complexity index is 307. The van der Waals surface area contributed by atoms with E-state index in [-0.39, 0.29) is 12.1 Å². The van der Waals surface area contributed by atoms with Crippen LogP contribution in [0.3, 0.4) is 0 Å². The van der Waals surface area contributed by atoms with Gasteiger partial charge in [0.15, 0.2) is 0 Å². The first-order valence-electron chi connectivity index (χ1n) is 4.34. The number of hydrogen-bond donors (Lipinski definition) is 1. The summed E-state index contributed by atoms with van der Waals surface area (Å²) in [7, 11) is 0. The Balaban J connectivity index is 3.08. The van der Waals surface area contributed by atoms with Crippen LogP contribution in [0, 0.1) is 13.8 Å². The normalized spacial score (nSPS) is 15.8. The van der Waals surface area contributed by atoms with Crippen LogP contribution < -0.4 is 0 Å². The zero-order valence-electron chi connectivity index (χ0n) is 8.37. The molecule has 1 N–H and O–H groups in total. The highest BCUT2D eigenvalue weighted by Gasteiger charge is 2.17. The molecule has 3 nitrogen and oxygen atoms in total. The molecule has 0 spiro atoms. The van der Waals surface area contributed by atoms with Crippen LogP contribution in [-0.4, -0.2) is 21.0 Å². The van der Waals surface area contributed by atoms with Crippen LogP contribution in [-0.2, 0) is 0 Å². The molecular weight excluding hydrogens is 232 g/mol. The molecule has 1 heterocycles. The first kappa shape index (κ1) is 10.7. The molecule has 0 saturated heterocycles. The van der Waals surface area contributed by atoms with Crippen molar-refractivity contribution in [1.29, 1.82) is 0 Å². The second kappa shape index (κ2) is 3.80. The maximum absolute atomic E-state index is 9.42. The fraction of sp³-hybridized carbons (Fsp3) is 0.667. The number of rotatable bonds is 2. The molecule has 1 rings (SSSR count). The fourth-order valence-corrected chi connectivity index (χ4v) is 1.50. The Morgan fingerprint density at radius 3 is 2.23 bits per heavy atom. The third kappa shape index (κ3) is 1.94. The molecule has 74 valence electrons. The number of aliphatic hydroxyl groups is 1. The van der Waals surface area contributed by atoms with Crippen LogP contribution in [0.15, 0.2) is 4.47 Å². The standard InChI is InChI=1S/C9H15BrN2O/c1-5-9(10)7(3)12(11-5)6(2)8(4)13/h6,8,13H,1-4H3. The van der Waals surface area contributed by atoms with Crippen molar-refractivity contribution in [3.05, 3.63) is 15.9 Å². The van der Waals surface area contributed by atoms with E-state index in [1.165, 1.54) is 0 Å². The van der Waals surface area contributed by atoms with Gasteiger partial charge in [-0.15, -0.1) is 0 Å². The quantitative estimate of drug-likeness (QED) is 0.869. The Morgan fingerprint density at radius 1 is 1.38 bits per heavy atom. The van der Waals surface area contributed by atoms with Crippen molar-refractivity contribution < 1.29 is 5.11 Å². The van der Waals surface area contributed by atoms with Crippen molar-refractivity contribution in [3.8, 4) is 0 Å². The molecule has 0 aliphatic rings. The van der Waals surface area contributed by atoms with Crippen LogP contribution in [0.25, 0.3) is 0 Å². The van der Waals surface area contributed by atoms with Gasteiger partial charge in [0, 0.05) is 0 Å². The van der Waals surface area contributed by atoms with Gasteiger partial charge in [-0.1, -0.05) is 0 Å². The SMILES string of the molecule is Cc1nn(C(C)C(C)O)c(C)c1Br. The molecule has 13 heavy (non-hydrogen) atoms. The first-order valence-corrected chi connectivity index (χ1v) is 5.13. The van der Waals surface area contributed by atoms with E-state index in [1.54, 1.807) is 6.92 Å². The van der Waals surface area contributed by atoms with E-state index in [0.29, 0.717) is 0 Å². The van der Waals surface area contributed by atoms with Gasteiger partial charge in [-0.2, -0.15) is 5.10 Å². The lowest BCUT2D eigenvalue weighted by atomic mass is 10.2. The summed E-state index contributed by atoms with van der Waals surface area (Å²) in [6, 6.07) is 0.0185. The topological polar surface area (TPSA) is 38.0 Å². The van der Waals surface area contributed by atoms with E-state index < -0.39 is 0 Å². The molecule has 0 aliphatic carbocycles. The summed E-state index contributed by atoms with van der Waals surface area (Å²) >= 11 is 3.45. The monoisotopic (exact) mass is 246 g/mol. The Kier molecular flexibility index (Phi) is 3.14. The molecule has 0 saturated carbocycles. The maximum Gasteiger partial charge on any atom is 0.0750 e. The summed E-state index contributed by atoms with van der Waals surface area (Å²) in [5.41, 5.74) is 2.02. The number of aryl methyl sites for hydroxylation is 1. The largest absolute Gasteiger partial charge is 0.391 e. The van der Waals surface area contributed by atoms with Crippen molar-refractivity contribution in [3.63, 3.8) is 0 Å². The van der Waals surface area contributed by atoms with E-state index in [2.05, 4.69) is 21.0 Å². The van der Waals surface area contributed by atoms with Crippen molar-refractivity contribution >= 4 is 15.9 Å². The molecule has 0 amide bonds. The summed E-state index contributed by atoms with van der Waals surface area (Å²) in [5.74, 6) is 0. The third-order valence-electron chi connectivity index (χ3n) is 2.32. The number of aliphatic hydroxyl groups excluding tert-OH is 1. The van der Waals surface area contributed by atoms with Crippen molar-refractivity contribution in [2.24, 2.45) is 0 Å². The predicted molar refractivity (Wildman–Crippen MR) is 55.8 cm³/mol. The first-order chi connectivity index (χ1) is 5.95. The van der Waals surface area contributed by atoms with Gasteiger partial charge in [-0.3, -0.25) is 4.68 Å². The molecule has 1 aromatic heterocycles. The van der Waals surface area contributed by atoms with Crippen LogP contribution >= 0.6 is 15.9 Å². The van der Waals surface area contributed by atoms with Crippen molar-refractivity contribution in [2.45, 2.75) is 39.8 Å². The molecule has 0 bridgehead atoms. The van der Waals surface area contributed by atoms with Crippen molar-refractivity contribution in [2.75, 3.05) is 0 Å². The van der Waals surface area contributed by atoms with Gasteiger partial charge < -0.3 is 5.11 Å². The number of nitrogens with zero attached hydrogens (tertiary/aromatic N) is 2. The number of hydrogen-bond acceptors (Lipinski definition) is 2. The van der Waals surface area contributed by atoms with Crippen LogP contribution in [0.2, 0.25) is 0 Å². The van der Waals surface area contributed by atoms with Gasteiger partial charge in [0.2, 0.25) is 0 Å². The zero-order chi connectivity index (χ0) is 10.2. The summed E-state index contributed by atoms with van der Waals surface area (Å²) in [6.07, 6.45) is -0.384. The number of halogens is 1. The van der Waals surface area contributed by atoms with Gasteiger partial charge >= 0.3 is 0 Å². The Morgan fingerprint density at radius 2 is 1.92 bits per heavy atom. The molecule has 0 aliphatic heterocycles. The van der Waals surface area contributed by atoms with Crippen molar-refractivity contribution in [1.82, 2.24) is 9.78 Å². The molecular formula is C9H15BrN2O. The van der Waals surface area contributed by atoms with E-state index in [1.807, 2.05) is 25.5 Å². The molecule has 0 radical (unpaired) electrons. The minimum atomic E-state index is -0.384. The van der Waals surface area contributed by atoms with Crippen LogP contribution in [0.4, 0.5) is 0 Å². The molecule has 0 fully saturated rings. The summed E-state index contributed by atoms with van der Waals surface area (Å²) in [6.45, 7) is 7.66.